The highest BCUT2D eigenvalue weighted by Crippen LogP contribution is 2.45. The number of nitrogens with zero attached hydrogens (tertiary/aromatic N) is 3. The van der Waals surface area contributed by atoms with E-state index in [-0.39, 0.29) is 5.92 Å². The van der Waals surface area contributed by atoms with E-state index >= 15 is 0 Å². The summed E-state index contributed by atoms with van der Waals surface area (Å²) in [7, 11) is -3.87. The number of carbonyl (C=O) groups is 1. The third-order valence-electron chi connectivity index (χ3n) is 12.5. The van der Waals surface area contributed by atoms with Crippen molar-refractivity contribution in [3.05, 3.63) is 58.1 Å². The number of carbonyl (C=O) groups excluding carboxylic acids is 1. The second kappa shape index (κ2) is 15.7. The first-order valence-electron chi connectivity index (χ1n) is 19.0. The first-order valence-corrected chi connectivity index (χ1v) is 21.0. The molecule has 1 amide bonds. The molecule has 274 valence electrons. The van der Waals surface area contributed by atoms with Gasteiger partial charge in [0.25, 0.3) is 5.91 Å². The molecule has 1 saturated carbocycles. The first-order chi connectivity index (χ1) is 24.1. The maximum atomic E-state index is 13.6. The number of morpholine rings is 1. The number of piperazine rings is 1. The fourth-order valence-corrected chi connectivity index (χ4v) is 10.6. The number of nitrogens with one attached hydrogen (secondary N) is 1. The molecule has 2 aromatic rings. The minimum absolute atomic E-state index is 0.0666. The number of fused-ring (bicyclic) bond motifs is 4. The molecule has 2 saturated heterocycles. The summed E-state index contributed by atoms with van der Waals surface area (Å²) in [6.07, 6.45) is 8.27. The average molecular weight is 727 g/mol. The summed E-state index contributed by atoms with van der Waals surface area (Å²) in [6.45, 7) is 13.0. The van der Waals surface area contributed by atoms with E-state index in [0.29, 0.717) is 36.0 Å². The standard InChI is InChI=1S/C39H55ClN4O5S/c1-27-6-5-8-31(22-42-16-17-43-18-19-48-26-35(43)24-42)36-13-10-32(36)23-44-15-4-3-7-29-20-34(40)12-9-33(29)25-49-38-14-11-30(21-37(38)44)39(45)41-50(46,47)28(27)2/h9,11-12,14,20-21,27-28,31-32,35-36H,3-8,10,13,15-19,22-26H2,1-2H3,(H,41,45)/t27-,28+,31+,32-,35-,36-/m0/s1. The number of sulfonamides is 1. The molecule has 11 heteroatoms. The number of ether oxygens (including phenoxy) is 2. The molecule has 0 aromatic heterocycles. The van der Waals surface area contributed by atoms with Crippen LogP contribution in [-0.2, 0) is 27.8 Å². The molecular formula is C39H55ClN4O5S. The van der Waals surface area contributed by atoms with Gasteiger partial charge in [-0.15, -0.1) is 0 Å². The van der Waals surface area contributed by atoms with E-state index in [4.69, 9.17) is 21.1 Å². The van der Waals surface area contributed by atoms with Gasteiger partial charge in [-0.05, 0) is 117 Å². The molecule has 2 aromatic carbocycles. The molecule has 3 fully saturated rings. The number of hydrogen-bond acceptors (Lipinski definition) is 8. The average Bonchev–Trinajstić information content (AvgIpc) is 3.12. The molecule has 50 heavy (non-hydrogen) atoms. The number of hydrogen-bond donors (Lipinski definition) is 1. The largest absolute Gasteiger partial charge is 0.487 e. The van der Waals surface area contributed by atoms with Crippen LogP contribution in [0.2, 0.25) is 5.02 Å². The van der Waals surface area contributed by atoms with Crippen LogP contribution in [-0.4, -0.2) is 94.4 Å². The molecule has 1 aliphatic carbocycles. The summed E-state index contributed by atoms with van der Waals surface area (Å²) in [4.78, 5) is 21.3. The van der Waals surface area contributed by atoms with E-state index in [1.807, 2.05) is 31.2 Å². The molecule has 7 rings (SSSR count). The topological polar surface area (TPSA) is 91.4 Å². The van der Waals surface area contributed by atoms with Gasteiger partial charge in [-0.3, -0.25) is 9.69 Å². The van der Waals surface area contributed by atoms with Crippen molar-refractivity contribution >= 4 is 33.2 Å². The van der Waals surface area contributed by atoms with Crippen molar-refractivity contribution < 1.29 is 22.7 Å². The first kappa shape index (κ1) is 36.0. The Morgan fingerprint density at radius 1 is 0.920 bits per heavy atom. The lowest BCUT2D eigenvalue weighted by atomic mass is 9.65. The third-order valence-corrected chi connectivity index (χ3v) is 14.7. The van der Waals surface area contributed by atoms with Gasteiger partial charge in [0.1, 0.15) is 12.4 Å². The van der Waals surface area contributed by atoms with Crippen LogP contribution in [0.4, 0.5) is 5.69 Å². The highest BCUT2D eigenvalue weighted by Gasteiger charge is 2.40. The Morgan fingerprint density at radius 2 is 1.80 bits per heavy atom. The summed E-state index contributed by atoms with van der Waals surface area (Å²) >= 11 is 6.40. The fourth-order valence-electron chi connectivity index (χ4n) is 9.08. The van der Waals surface area contributed by atoms with Gasteiger partial charge >= 0.3 is 0 Å². The van der Waals surface area contributed by atoms with E-state index in [0.717, 1.165) is 120 Å². The van der Waals surface area contributed by atoms with Crippen LogP contribution >= 0.6 is 11.6 Å². The van der Waals surface area contributed by atoms with Crippen molar-refractivity contribution in [2.24, 2.45) is 23.7 Å². The number of anilines is 1. The predicted molar refractivity (Wildman–Crippen MR) is 199 cm³/mol. The van der Waals surface area contributed by atoms with Gasteiger partial charge in [0.15, 0.2) is 0 Å². The lowest BCUT2D eigenvalue weighted by Gasteiger charge is -2.48. The van der Waals surface area contributed by atoms with Crippen LogP contribution < -0.4 is 14.4 Å². The molecule has 4 heterocycles. The Hall–Kier alpha value is -2.37. The lowest BCUT2D eigenvalue weighted by molar-refractivity contribution is -0.0519. The third kappa shape index (κ3) is 8.15. The number of aryl methyl sites for hydroxylation is 1. The number of benzene rings is 2. The Balaban J connectivity index is 1.19. The van der Waals surface area contributed by atoms with Crippen LogP contribution in [0, 0.1) is 23.7 Å². The Bertz CT molecular complexity index is 1620. The number of halogens is 1. The van der Waals surface area contributed by atoms with E-state index < -0.39 is 21.2 Å². The Morgan fingerprint density at radius 3 is 2.64 bits per heavy atom. The van der Waals surface area contributed by atoms with E-state index in [1.165, 1.54) is 18.4 Å². The summed E-state index contributed by atoms with van der Waals surface area (Å²) < 4.78 is 41.9. The maximum Gasteiger partial charge on any atom is 0.264 e. The van der Waals surface area contributed by atoms with Crippen molar-refractivity contribution in [1.82, 2.24) is 14.5 Å². The quantitative estimate of drug-likeness (QED) is 0.404. The van der Waals surface area contributed by atoms with Gasteiger partial charge in [-0.1, -0.05) is 31.0 Å². The molecule has 0 spiro atoms. The Kier molecular flexibility index (Phi) is 11.3. The smallest absolute Gasteiger partial charge is 0.264 e. The zero-order valence-electron chi connectivity index (χ0n) is 29.8. The van der Waals surface area contributed by atoms with Crippen LogP contribution in [0.5, 0.6) is 5.75 Å². The van der Waals surface area contributed by atoms with Crippen molar-refractivity contribution in [3.63, 3.8) is 0 Å². The van der Waals surface area contributed by atoms with Gasteiger partial charge in [0, 0.05) is 62.4 Å². The second-order valence-corrected chi connectivity index (χ2v) is 18.1. The van der Waals surface area contributed by atoms with Gasteiger partial charge in [-0.2, -0.15) is 0 Å². The molecule has 6 atom stereocenters. The molecule has 1 N–H and O–H groups in total. The van der Waals surface area contributed by atoms with Crippen LogP contribution in [0.25, 0.3) is 0 Å². The van der Waals surface area contributed by atoms with E-state index in [1.54, 1.807) is 13.0 Å². The minimum atomic E-state index is -3.87. The summed E-state index contributed by atoms with van der Waals surface area (Å²) in [5.41, 5.74) is 3.53. The molecule has 5 aliphatic rings. The van der Waals surface area contributed by atoms with Crippen molar-refractivity contribution in [2.75, 3.05) is 63.9 Å². The maximum absolute atomic E-state index is 13.6. The minimum Gasteiger partial charge on any atom is -0.487 e. The normalized spacial score (nSPS) is 31.4. The van der Waals surface area contributed by atoms with E-state index in [9.17, 15) is 13.2 Å². The highest BCUT2D eigenvalue weighted by molar-refractivity contribution is 7.90. The van der Waals surface area contributed by atoms with Gasteiger partial charge < -0.3 is 19.3 Å². The highest BCUT2D eigenvalue weighted by atomic mass is 35.5. The summed E-state index contributed by atoms with van der Waals surface area (Å²) in [6, 6.07) is 11.9. The molecule has 4 aliphatic heterocycles. The second-order valence-electron chi connectivity index (χ2n) is 15.7. The van der Waals surface area contributed by atoms with Gasteiger partial charge in [0.2, 0.25) is 10.0 Å². The predicted octanol–water partition coefficient (Wildman–Crippen LogP) is 5.99. The Labute approximate surface area is 304 Å². The van der Waals surface area contributed by atoms with Crippen molar-refractivity contribution in [1.29, 1.82) is 0 Å². The van der Waals surface area contributed by atoms with Crippen LogP contribution in [0.15, 0.2) is 36.4 Å². The zero-order valence-corrected chi connectivity index (χ0v) is 31.4. The monoisotopic (exact) mass is 726 g/mol. The van der Waals surface area contributed by atoms with Crippen LogP contribution in [0.1, 0.15) is 80.3 Å². The lowest BCUT2D eigenvalue weighted by Crippen LogP contribution is -2.59. The van der Waals surface area contributed by atoms with Gasteiger partial charge in [-0.25, -0.2) is 13.1 Å². The SMILES string of the molecule is C[C@@H]1[C@@H](C)CCC[C@H](CN2CCN3CCOC[C@@H]3C2)[C@@H]2CC[C@H]2CN2CCCCc3cc(Cl)ccc3COc3ccc(cc32)C(=O)NS1(=O)=O. The van der Waals surface area contributed by atoms with Crippen LogP contribution in [0.3, 0.4) is 0 Å². The molecule has 0 radical (unpaired) electrons. The van der Waals surface area contributed by atoms with Crippen molar-refractivity contribution in [3.8, 4) is 5.75 Å². The summed E-state index contributed by atoms with van der Waals surface area (Å²) in [5, 5.41) is 0.0563. The summed E-state index contributed by atoms with van der Waals surface area (Å²) in [5.74, 6) is 1.79. The van der Waals surface area contributed by atoms with Crippen molar-refractivity contribution in [2.45, 2.75) is 83.1 Å². The van der Waals surface area contributed by atoms with Gasteiger partial charge in [0.05, 0.1) is 24.2 Å². The van der Waals surface area contributed by atoms with E-state index in [2.05, 4.69) is 25.5 Å². The number of rotatable bonds is 2. The molecule has 2 bridgehead atoms. The molecule has 9 nitrogen and oxygen atoms in total. The number of amides is 1. The zero-order chi connectivity index (χ0) is 34.8. The fraction of sp³-hybridized carbons (Fsp3) is 0.667. The molecule has 0 unspecified atom stereocenters. The molecular weight excluding hydrogens is 672 g/mol.